The van der Waals surface area contributed by atoms with Gasteiger partial charge in [-0.05, 0) is 30.3 Å². The van der Waals surface area contributed by atoms with Gasteiger partial charge in [-0.1, -0.05) is 11.8 Å². The van der Waals surface area contributed by atoms with Crippen molar-refractivity contribution in [2.45, 2.75) is 6.42 Å². The predicted molar refractivity (Wildman–Crippen MR) is 75.0 cm³/mol. The number of nitrogens with zero attached hydrogens (tertiary/aromatic N) is 2. The average Bonchev–Trinajstić information content (AvgIpc) is 2.50. The molecular formula is C15H13N3O2. The number of amides is 1. The minimum Gasteiger partial charge on any atom is -0.395 e. The minimum atomic E-state index is -0.237. The molecule has 100 valence electrons. The van der Waals surface area contributed by atoms with Crippen molar-refractivity contribution >= 4 is 11.6 Å². The zero-order chi connectivity index (χ0) is 14.2. The number of aliphatic hydroxyl groups excluding tert-OH is 1. The van der Waals surface area contributed by atoms with Crippen LogP contribution in [0, 0.1) is 11.8 Å². The molecule has 0 aliphatic carbocycles. The molecular weight excluding hydrogens is 254 g/mol. The molecule has 0 bridgehead atoms. The largest absolute Gasteiger partial charge is 0.395 e. The molecule has 1 aromatic heterocycles. The predicted octanol–water partition coefficient (Wildman–Crippen LogP) is 1.46. The van der Waals surface area contributed by atoms with Crippen LogP contribution in [0.4, 0.5) is 5.69 Å². The maximum absolute atomic E-state index is 11.9. The van der Waals surface area contributed by atoms with Crippen molar-refractivity contribution in [1.29, 1.82) is 0 Å². The molecule has 0 fully saturated rings. The topological polar surface area (TPSA) is 75.1 Å². The van der Waals surface area contributed by atoms with E-state index in [0.29, 0.717) is 17.7 Å². The summed E-state index contributed by atoms with van der Waals surface area (Å²) < 4.78 is 0. The Morgan fingerprint density at radius 3 is 2.65 bits per heavy atom. The Morgan fingerprint density at radius 1 is 1.20 bits per heavy atom. The van der Waals surface area contributed by atoms with E-state index in [4.69, 9.17) is 5.11 Å². The Labute approximate surface area is 116 Å². The van der Waals surface area contributed by atoms with Crippen molar-refractivity contribution in [3.05, 3.63) is 53.9 Å². The molecule has 5 heteroatoms. The Hall–Kier alpha value is -2.71. The van der Waals surface area contributed by atoms with E-state index in [0.717, 1.165) is 5.56 Å². The van der Waals surface area contributed by atoms with Gasteiger partial charge in [0.15, 0.2) is 0 Å². The molecule has 20 heavy (non-hydrogen) atoms. The fourth-order valence-electron chi connectivity index (χ4n) is 1.49. The highest BCUT2D eigenvalue weighted by molar-refractivity contribution is 6.03. The van der Waals surface area contributed by atoms with Crippen LogP contribution in [0.15, 0.2) is 42.7 Å². The highest BCUT2D eigenvalue weighted by atomic mass is 16.2. The van der Waals surface area contributed by atoms with Gasteiger partial charge < -0.3 is 10.4 Å². The first-order valence-corrected chi connectivity index (χ1v) is 6.07. The van der Waals surface area contributed by atoms with Gasteiger partial charge in [0.25, 0.3) is 5.91 Å². The number of rotatable bonds is 3. The molecule has 2 N–H and O–H groups in total. The quantitative estimate of drug-likeness (QED) is 0.826. The lowest BCUT2D eigenvalue weighted by atomic mass is 10.2. The lowest BCUT2D eigenvalue weighted by molar-refractivity contribution is 0.102. The van der Waals surface area contributed by atoms with Crippen LogP contribution in [0.25, 0.3) is 0 Å². The van der Waals surface area contributed by atoms with Crippen molar-refractivity contribution in [3.63, 3.8) is 0 Å². The molecule has 0 saturated carbocycles. The number of aliphatic hydroxyl groups is 1. The number of carbonyl (C=O) groups is 1. The van der Waals surface area contributed by atoms with E-state index < -0.39 is 0 Å². The monoisotopic (exact) mass is 267 g/mol. The van der Waals surface area contributed by atoms with Crippen LogP contribution in [-0.2, 0) is 0 Å². The van der Waals surface area contributed by atoms with Crippen LogP contribution < -0.4 is 5.32 Å². The van der Waals surface area contributed by atoms with E-state index in [1.165, 1.54) is 12.4 Å². The fraction of sp³-hybridized carbons (Fsp3) is 0.133. The van der Waals surface area contributed by atoms with Crippen LogP contribution in [0.1, 0.15) is 22.3 Å². The van der Waals surface area contributed by atoms with E-state index in [9.17, 15) is 4.79 Å². The van der Waals surface area contributed by atoms with E-state index in [1.807, 2.05) is 12.1 Å². The van der Waals surface area contributed by atoms with Gasteiger partial charge in [0, 0.05) is 17.7 Å². The van der Waals surface area contributed by atoms with Crippen LogP contribution >= 0.6 is 0 Å². The SMILES string of the molecule is O=C(Nc1ccc(C#CCCO)cc1)c1ccnnc1. The third-order valence-corrected chi connectivity index (χ3v) is 2.46. The Kier molecular flexibility index (Phi) is 4.81. The number of anilines is 1. The summed E-state index contributed by atoms with van der Waals surface area (Å²) in [6.45, 7) is 0.0567. The smallest absolute Gasteiger partial charge is 0.257 e. The highest BCUT2D eigenvalue weighted by Crippen LogP contribution is 2.10. The Bertz CT molecular complexity index is 628. The lowest BCUT2D eigenvalue weighted by Crippen LogP contribution is -2.12. The van der Waals surface area contributed by atoms with Crippen molar-refractivity contribution < 1.29 is 9.90 Å². The standard InChI is InChI=1S/C15H13N3O2/c19-10-2-1-3-12-4-6-14(7-5-12)18-15(20)13-8-9-16-17-11-13/h4-9,11,19H,2,10H2,(H,18,20). The molecule has 1 heterocycles. The first-order chi connectivity index (χ1) is 9.79. The van der Waals surface area contributed by atoms with Gasteiger partial charge in [0.2, 0.25) is 0 Å². The Morgan fingerprint density at radius 2 is 2.00 bits per heavy atom. The van der Waals surface area contributed by atoms with Crippen LogP contribution in [-0.4, -0.2) is 27.8 Å². The van der Waals surface area contributed by atoms with Crippen LogP contribution in [0.3, 0.4) is 0 Å². The van der Waals surface area contributed by atoms with Gasteiger partial charge in [-0.2, -0.15) is 10.2 Å². The number of hydrogen-bond donors (Lipinski definition) is 2. The molecule has 0 aliphatic rings. The van der Waals surface area contributed by atoms with Gasteiger partial charge in [0.1, 0.15) is 0 Å². The van der Waals surface area contributed by atoms with E-state index >= 15 is 0 Å². The number of hydrogen-bond acceptors (Lipinski definition) is 4. The number of aromatic nitrogens is 2. The molecule has 0 aliphatic heterocycles. The Balaban J connectivity index is 2.01. The summed E-state index contributed by atoms with van der Waals surface area (Å²) >= 11 is 0. The maximum Gasteiger partial charge on any atom is 0.257 e. The first-order valence-electron chi connectivity index (χ1n) is 6.07. The van der Waals surface area contributed by atoms with E-state index in [1.54, 1.807) is 18.2 Å². The maximum atomic E-state index is 11.9. The second-order valence-corrected chi connectivity index (χ2v) is 3.94. The lowest BCUT2D eigenvalue weighted by Gasteiger charge is -2.04. The number of nitrogens with one attached hydrogen (secondary N) is 1. The molecule has 0 radical (unpaired) electrons. The van der Waals surface area contributed by atoms with Crippen molar-refractivity contribution in [1.82, 2.24) is 10.2 Å². The second kappa shape index (κ2) is 7.02. The molecule has 2 rings (SSSR count). The van der Waals surface area contributed by atoms with Crippen molar-refractivity contribution in [2.75, 3.05) is 11.9 Å². The van der Waals surface area contributed by atoms with E-state index in [2.05, 4.69) is 27.4 Å². The molecule has 5 nitrogen and oxygen atoms in total. The van der Waals surface area contributed by atoms with Crippen LogP contribution in [0.2, 0.25) is 0 Å². The number of carbonyl (C=O) groups excluding carboxylic acids is 1. The van der Waals surface area contributed by atoms with Gasteiger partial charge in [0.05, 0.1) is 24.6 Å². The summed E-state index contributed by atoms with van der Waals surface area (Å²) in [5.74, 6) is 5.51. The third kappa shape index (κ3) is 3.90. The molecule has 0 spiro atoms. The molecule has 0 unspecified atom stereocenters. The van der Waals surface area contributed by atoms with Crippen molar-refractivity contribution in [2.24, 2.45) is 0 Å². The zero-order valence-electron chi connectivity index (χ0n) is 10.7. The highest BCUT2D eigenvalue weighted by Gasteiger charge is 2.05. The molecule has 2 aromatic rings. The minimum absolute atomic E-state index is 0.0567. The summed E-state index contributed by atoms with van der Waals surface area (Å²) in [7, 11) is 0. The number of benzene rings is 1. The molecule has 1 amide bonds. The van der Waals surface area contributed by atoms with Gasteiger partial charge >= 0.3 is 0 Å². The first kappa shape index (κ1) is 13.7. The second-order valence-electron chi connectivity index (χ2n) is 3.94. The van der Waals surface area contributed by atoms with Gasteiger partial charge in [-0.15, -0.1) is 0 Å². The fourth-order valence-corrected chi connectivity index (χ4v) is 1.49. The third-order valence-electron chi connectivity index (χ3n) is 2.46. The molecule has 0 atom stereocenters. The van der Waals surface area contributed by atoms with Gasteiger partial charge in [-0.25, -0.2) is 0 Å². The summed E-state index contributed by atoms with van der Waals surface area (Å²) in [5.41, 5.74) is 1.97. The summed E-state index contributed by atoms with van der Waals surface area (Å²) in [5, 5.41) is 18.7. The molecule has 0 saturated heterocycles. The average molecular weight is 267 g/mol. The summed E-state index contributed by atoms with van der Waals surface area (Å²) in [6.07, 6.45) is 3.33. The van der Waals surface area contributed by atoms with Crippen LogP contribution in [0.5, 0.6) is 0 Å². The summed E-state index contributed by atoms with van der Waals surface area (Å²) in [4.78, 5) is 11.9. The van der Waals surface area contributed by atoms with Gasteiger partial charge in [-0.3, -0.25) is 4.79 Å². The van der Waals surface area contributed by atoms with Crippen molar-refractivity contribution in [3.8, 4) is 11.8 Å². The zero-order valence-corrected chi connectivity index (χ0v) is 10.7. The normalized spacial score (nSPS) is 9.45. The summed E-state index contributed by atoms with van der Waals surface area (Å²) in [6, 6.07) is 8.76. The van der Waals surface area contributed by atoms with E-state index in [-0.39, 0.29) is 12.5 Å². The molecule has 1 aromatic carbocycles.